The van der Waals surface area contributed by atoms with Gasteiger partial charge < -0.3 is 15.5 Å². The van der Waals surface area contributed by atoms with E-state index in [1.54, 1.807) is 0 Å². The number of pyridine rings is 1. The Hall–Kier alpha value is -2.70. The van der Waals surface area contributed by atoms with E-state index in [4.69, 9.17) is 0 Å². The van der Waals surface area contributed by atoms with E-state index in [0.717, 1.165) is 50.3 Å². The molecule has 0 bridgehead atoms. The van der Waals surface area contributed by atoms with Crippen molar-refractivity contribution in [2.24, 2.45) is 4.99 Å². The number of nitrogens with zero attached hydrogens (tertiary/aromatic N) is 3. The maximum atomic E-state index is 14.0. The van der Waals surface area contributed by atoms with Crippen molar-refractivity contribution < 1.29 is 8.78 Å². The number of piperidine rings is 1. The van der Waals surface area contributed by atoms with Gasteiger partial charge in [-0.1, -0.05) is 19.1 Å². The molecule has 156 valence electrons. The van der Waals surface area contributed by atoms with Gasteiger partial charge >= 0.3 is 0 Å². The first-order valence-corrected chi connectivity index (χ1v) is 10.2. The molecule has 2 N–H and O–H groups in total. The van der Waals surface area contributed by atoms with E-state index in [1.165, 1.54) is 12.1 Å². The van der Waals surface area contributed by atoms with Crippen molar-refractivity contribution in [3.8, 4) is 0 Å². The van der Waals surface area contributed by atoms with Crippen LogP contribution in [0.15, 0.2) is 47.6 Å². The number of guanidine groups is 1. The standard InChI is InChI=1S/C22H29F2N5/c1-3-25-22(27-15-16(2)19-8-7-17(23)14-20(19)24)28-18-9-12-29(13-10-18)21-6-4-5-11-26-21/h4-8,11,14,16,18H,3,9-10,12-13,15H2,1-2H3,(H2,25,27,28). The topological polar surface area (TPSA) is 52.6 Å². The molecule has 1 aromatic carbocycles. The summed E-state index contributed by atoms with van der Waals surface area (Å²) in [6.07, 6.45) is 3.80. The van der Waals surface area contributed by atoms with Gasteiger partial charge in [0.25, 0.3) is 0 Å². The monoisotopic (exact) mass is 401 g/mol. The Kier molecular flexibility index (Phi) is 7.38. The fraction of sp³-hybridized carbons (Fsp3) is 0.455. The lowest BCUT2D eigenvalue weighted by Gasteiger charge is -2.33. The minimum Gasteiger partial charge on any atom is -0.357 e. The second-order valence-corrected chi connectivity index (χ2v) is 7.38. The lowest BCUT2D eigenvalue weighted by molar-refractivity contribution is 0.459. The minimum absolute atomic E-state index is 0.142. The van der Waals surface area contributed by atoms with Gasteiger partial charge in [0, 0.05) is 50.4 Å². The Labute approximate surface area is 171 Å². The van der Waals surface area contributed by atoms with E-state index >= 15 is 0 Å². The van der Waals surface area contributed by atoms with Gasteiger partial charge in [-0.3, -0.25) is 4.99 Å². The van der Waals surface area contributed by atoms with Gasteiger partial charge in [-0.05, 0) is 43.5 Å². The number of benzene rings is 1. The Bertz CT molecular complexity index is 804. The largest absolute Gasteiger partial charge is 0.357 e. The van der Waals surface area contributed by atoms with E-state index in [2.05, 4.69) is 25.5 Å². The van der Waals surface area contributed by atoms with E-state index in [-0.39, 0.29) is 5.92 Å². The van der Waals surface area contributed by atoms with Crippen molar-refractivity contribution in [1.82, 2.24) is 15.6 Å². The van der Waals surface area contributed by atoms with Crippen LogP contribution in [-0.2, 0) is 0 Å². The van der Waals surface area contributed by atoms with Gasteiger partial charge in [0.2, 0.25) is 0 Å². The molecule has 2 heterocycles. The Morgan fingerprint density at radius 2 is 2.03 bits per heavy atom. The highest BCUT2D eigenvalue weighted by Gasteiger charge is 2.21. The highest BCUT2D eigenvalue weighted by molar-refractivity contribution is 5.80. The number of hydrogen-bond acceptors (Lipinski definition) is 3. The van der Waals surface area contributed by atoms with E-state index < -0.39 is 11.6 Å². The second-order valence-electron chi connectivity index (χ2n) is 7.38. The molecule has 3 rings (SSSR count). The number of rotatable bonds is 6. The molecule has 0 saturated carbocycles. The molecule has 0 amide bonds. The fourth-order valence-corrected chi connectivity index (χ4v) is 3.53. The predicted octanol–water partition coefficient (Wildman–Crippen LogP) is 3.69. The van der Waals surface area contributed by atoms with Crippen LogP contribution in [0.4, 0.5) is 14.6 Å². The highest BCUT2D eigenvalue weighted by Crippen LogP contribution is 2.20. The van der Waals surface area contributed by atoms with Crippen LogP contribution in [0.5, 0.6) is 0 Å². The summed E-state index contributed by atoms with van der Waals surface area (Å²) in [7, 11) is 0. The van der Waals surface area contributed by atoms with Crippen LogP contribution in [0.3, 0.4) is 0 Å². The normalized spacial score (nSPS) is 16.6. The maximum Gasteiger partial charge on any atom is 0.191 e. The molecule has 1 atom stereocenters. The number of aromatic nitrogens is 1. The van der Waals surface area contributed by atoms with Crippen molar-refractivity contribution in [2.45, 2.75) is 38.6 Å². The van der Waals surface area contributed by atoms with Crippen LogP contribution in [0, 0.1) is 11.6 Å². The molecule has 0 spiro atoms. The average molecular weight is 402 g/mol. The summed E-state index contributed by atoms with van der Waals surface area (Å²) in [6, 6.07) is 10.0. The van der Waals surface area contributed by atoms with Crippen LogP contribution >= 0.6 is 0 Å². The summed E-state index contributed by atoms with van der Waals surface area (Å²) in [5.41, 5.74) is 0.481. The molecular formula is C22H29F2N5. The number of halogens is 2. The van der Waals surface area contributed by atoms with Gasteiger partial charge in [-0.25, -0.2) is 13.8 Å². The zero-order valence-electron chi connectivity index (χ0n) is 17.0. The molecule has 5 nitrogen and oxygen atoms in total. The zero-order valence-corrected chi connectivity index (χ0v) is 17.0. The van der Waals surface area contributed by atoms with Crippen molar-refractivity contribution in [3.05, 3.63) is 59.8 Å². The molecule has 0 aliphatic carbocycles. The lowest BCUT2D eigenvalue weighted by Crippen LogP contribution is -2.49. The van der Waals surface area contributed by atoms with Gasteiger partial charge in [0.15, 0.2) is 5.96 Å². The van der Waals surface area contributed by atoms with Crippen molar-refractivity contribution >= 4 is 11.8 Å². The molecule has 0 radical (unpaired) electrons. The minimum atomic E-state index is -0.561. The van der Waals surface area contributed by atoms with Gasteiger partial charge in [0.05, 0.1) is 0 Å². The third-order valence-corrected chi connectivity index (χ3v) is 5.17. The maximum absolute atomic E-state index is 14.0. The molecular weight excluding hydrogens is 372 g/mol. The van der Waals surface area contributed by atoms with Crippen LogP contribution in [0.2, 0.25) is 0 Å². The number of nitrogens with one attached hydrogen (secondary N) is 2. The van der Waals surface area contributed by atoms with Crippen molar-refractivity contribution in [3.63, 3.8) is 0 Å². The number of anilines is 1. The SMILES string of the molecule is CCNC(=NCC(C)c1ccc(F)cc1F)NC1CCN(c2ccccn2)CC1. The summed E-state index contributed by atoms with van der Waals surface area (Å²) in [5.74, 6) is 0.526. The number of aliphatic imine (C=N–C) groups is 1. The van der Waals surface area contributed by atoms with Crippen LogP contribution in [0.1, 0.15) is 38.2 Å². The van der Waals surface area contributed by atoms with Crippen LogP contribution < -0.4 is 15.5 Å². The van der Waals surface area contributed by atoms with Crippen molar-refractivity contribution in [1.29, 1.82) is 0 Å². The van der Waals surface area contributed by atoms with Crippen LogP contribution in [0.25, 0.3) is 0 Å². The summed E-state index contributed by atoms with van der Waals surface area (Å²) in [6.45, 7) is 6.96. The molecule has 1 aliphatic heterocycles. The smallest absolute Gasteiger partial charge is 0.191 e. The van der Waals surface area contributed by atoms with Crippen LogP contribution in [-0.4, -0.2) is 43.2 Å². The fourth-order valence-electron chi connectivity index (χ4n) is 3.53. The first-order chi connectivity index (χ1) is 14.1. The summed E-state index contributed by atoms with van der Waals surface area (Å²) < 4.78 is 27.1. The molecule has 1 aliphatic rings. The molecule has 7 heteroatoms. The van der Waals surface area contributed by atoms with Gasteiger partial charge in [0.1, 0.15) is 17.5 Å². The molecule has 1 unspecified atom stereocenters. The lowest BCUT2D eigenvalue weighted by atomic mass is 10.0. The highest BCUT2D eigenvalue weighted by atomic mass is 19.1. The summed E-state index contributed by atoms with van der Waals surface area (Å²) in [5, 5.41) is 6.76. The summed E-state index contributed by atoms with van der Waals surface area (Å²) >= 11 is 0. The average Bonchev–Trinajstić information content (AvgIpc) is 2.73. The Morgan fingerprint density at radius 3 is 2.69 bits per heavy atom. The molecule has 1 aromatic heterocycles. The van der Waals surface area contributed by atoms with E-state index in [9.17, 15) is 8.78 Å². The van der Waals surface area contributed by atoms with E-state index in [0.29, 0.717) is 18.2 Å². The van der Waals surface area contributed by atoms with E-state index in [1.807, 2.05) is 38.2 Å². The molecule has 2 aromatic rings. The molecule has 1 saturated heterocycles. The summed E-state index contributed by atoms with van der Waals surface area (Å²) in [4.78, 5) is 11.3. The molecule has 1 fully saturated rings. The predicted molar refractivity (Wildman–Crippen MR) is 113 cm³/mol. The molecule has 29 heavy (non-hydrogen) atoms. The quantitative estimate of drug-likeness (QED) is 0.573. The van der Waals surface area contributed by atoms with Crippen molar-refractivity contribution in [2.75, 3.05) is 31.1 Å². The Morgan fingerprint density at radius 1 is 1.24 bits per heavy atom. The third kappa shape index (κ3) is 5.89. The first-order valence-electron chi connectivity index (χ1n) is 10.2. The number of hydrogen-bond donors (Lipinski definition) is 2. The third-order valence-electron chi connectivity index (χ3n) is 5.17. The first kappa shape index (κ1) is 21.0. The Balaban J connectivity index is 1.55. The van der Waals surface area contributed by atoms with Gasteiger partial charge in [-0.15, -0.1) is 0 Å². The van der Waals surface area contributed by atoms with Gasteiger partial charge in [-0.2, -0.15) is 0 Å². The second kappa shape index (κ2) is 10.2. The zero-order chi connectivity index (χ0) is 20.6.